The van der Waals surface area contributed by atoms with Crippen LogP contribution in [0.2, 0.25) is 0 Å². The van der Waals surface area contributed by atoms with Crippen LogP contribution in [-0.4, -0.2) is 27.1 Å². The van der Waals surface area contributed by atoms with E-state index in [1.807, 2.05) is 59.5 Å². The molecule has 0 aromatic carbocycles. The first kappa shape index (κ1) is 14.2. The molecule has 24 heavy (non-hydrogen) atoms. The Hall–Kier alpha value is -3.41. The van der Waals surface area contributed by atoms with Gasteiger partial charge in [-0.3, -0.25) is 14.9 Å². The largest absolute Gasteiger partial charge is 0.280 e. The molecular formula is C18H14N6. The molecule has 0 spiro atoms. The summed E-state index contributed by atoms with van der Waals surface area (Å²) in [7, 11) is 0. The predicted molar refractivity (Wildman–Crippen MR) is 93.0 cm³/mol. The molecule has 0 bridgehead atoms. The fraction of sp³-hybridized carbons (Fsp3) is 0.0556. The van der Waals surface area contributed by atoms with Crippen molar-refractivity contribution in [1.82, 2.24) is 15.0 Å². The van der Waals surface area contributed by atoms with E-state index in [9.17, 15) is 0 Å². The zero-order chi connectivity index (χ0) is 16.2. The minimum absolute atomic E-state index is 0.337. The number of aliphatic imine (C=N–C) groups is 2. The molecule has 1 aliphatic rings. The lowest BCUT2D eigenvalue weighted by molar-refractivity contribution is 0.712. The van der Waals surface area contributed by atoms with Crippen molar-refractivity contribution in [3.05, 3.63) is 84.6 Å². The molecule has 0 aliphatic carbocycles. The first-order valence-electron chi connectivity index (χ1n) is 7.55. The molecule has 0 saturated heterocycles. The van der Waals surface area contributed by atoms with Crippen LogP contribution in [0.15, 0.2) is 83.2 Å². The third-order valence-electron chi connectivity index (χ3n) is 3.60. The van der Waals surface area contributed by atoms with Gasteiger partial charge in [-0.25, -0.2) is 15.0 Å². The Labute approximate surface area is 139 Å². The Morgan fingerprint density at radius 3 is 2.17 bits per heavy atom. The molecule has 6 nitrogen and oxygen atoms in total. The zero-order valence-electron chi connectivity index (χ0n) is 12.8. The van der Waals surface area contributed by atoms with Gasteiger partial charge in [-0.2, -0.15) is 0 Å². The summed E-state index contributed by atoms with van der Waals surface area (Å²) in [6.45, 7) is 0. The van der Waals surface area contributed by atoms with Crippen LogP contribution >= 0.6 is 0 Å². The molecular weight excluding hydrogens is 300 g/mol. The Morgan fingerprint density at radius 2 is 1.50 bits per heavy atom. The van der Waals surface area contributed by atoms with E-state index in [4.69, 9.17) is 0 Å². The van der Waals surface area contributed by atoms with E-state index in [1.54, 1.807) is 24.9 Å². The lowest BCUT2D eigenvalue weighted by Crippen LogP contribution is -2.38. The number of nitrogens with zero attached hydrogens (tertiary/aromatic N) is 6. The Balaban J connectivity index is 1.84. The van der Waals surface area contributed by atoms with Gasteiger partial charge < -0.3 is 0 Å². The van der Waals surface area contributed by atoms with Gasteiger partial charge in [0, 0.05) is 18.6 Å². The molecule has 4 heterocycles. The maximum atomic E-state index is 4.52. The molecule has 0 fully saturated rings. The van der Waals surface area contributed by atoms with Crippen LogP contribution in [0, 0.1) is 0 Å². The van der Waals surface area contributed by atoms with Gasteiger partial charge in [-0.15, -0.1) is 0 Å². The molecule has 1 unspecified atom stereocenters. The van der Waals surface area contributed by atoms with Gasteiger partial charge in [0.1, 0.15) is 17.9 Å². The fourth-order valence-electron chi connectivity index (χ4n) is 2.55. The van der Waals surface area contributed by atoms with Crippen molar-refractivity contribution < 1.29 is 0 Å². The van der Waals surface area contributed by atoms with Crippen LogP contribution in [-0.2, 0) is 0 Å². The van der Waals surface area contributed by atoms with Crippen LogP contribution in [0.1, 0.15) is 17.6 Å². The van der Waals surface area contributed by atoms with Gasteiger partial charge in [-0.1, -0.05) is 18.2 Å². The van der Waals surface area contributed by atoms with Gasteiger partial charge in [0.25, 0.3) is 0 Å². The van der Waals surface area contributed by atoms with Crippen molar-refractivity contribution in [3.8, 4) is 0 Å². The normalized spacial score (nSPS) is 16.8. The molecule has 0 saturated carbocycles. The third-order valence-corrected chi connectivity index (χ3v) is 3.60. The van der Waals surface area contributed by atoms with E-state index in [0.29, 0.717) is 5.84 Å². The molecule has 116 valence electrons. The molecule has 0 radical (unpaired) electrons. The van der Waals surface area contributed by atoms with E-state index < -0.39 is 0 Å². The van der Waals surface area contributed by atoms with Gasteiger partial charge in [0.05, 0.1) is 5.69 Å². The molecule has 6 heteroatoms. The molecule has 1 atom stereocenters. The second-order valence-corrected chi connectivity index (χ2v) is 5.12. The fourth-order valence-corrected chi connectivity index (χ4v) is 2.55. The quantitative estimate of drug-likeness (QED) is 0.745. The number of anilines is 1. The number of hydrogen-bond acceptors (Lipinski definition) is 6. The summed E-state index contributed by atoms with van der Waals surface area (Å²) in [5.74, 6) is 1.44. The highest BCUT2D eigenvalue weighted by molar-refractivity contribution is 6.12. The van der Waals surface area contributed by atoms with Gasteiger partial charge >= 0.3 is 0 Å². The Morgan fingerprint density at radius 1 is 0.750 bits per heavy atom. The van der Waals surface area contributed by atoms with Crippen molar-refractivity contribution in [3.63, 3.8) is 0 Å². The maximum absolute atomic E-state index is 4.52. The zero-order valence-corrected chi connectivity index (χ0v) is 12.8. The van der Waals surface area contributed by atoms with Crippen LogP contribution in [0.5, 0.6) is 0 Å². The second-order valence-electron chi connectivity index (χ2n) is 5.12. The Kier molecular flexibility index (Phi) is 3.77. The monoisotopic (exact) mass is 314 g/mol. The summed E-state index contributed by atoms with van der Waals surface area (Å²) >= 11 is 0. The summed E-state index contributed by atoms with van der Waals surface area (Å²) in [5, 5.41) is 0. The summed E-state index contributed by atoms with van der Waals surface area (Å²) in [4.78, 5) is 24.3. The van der Waals surface area contributed by atoms with E-state index in [0.717, 1.165) is 17.2 Å². The van der Waals surface area contributed by atoms with Crippen molar-refractivity contribution in [2.45, 2.75) is 6.17 Å². The van der Waals surface area contributed by atoms with Gasteiger partial charge in [0.15, 0.2) is 12.0 Å². The lowest BCUT2D eigenvalue weighted by Gasteiger charge is -2.31. The first-order chi connectivity index (χ1) is 11.9. The van der Waals surface area contributed by atoms with Crippen LogP contribution < -0.4 is 4.90 Å². The van der Waals surface area contributed by atoms with Crippen molar-refractivity contribution in [2.75, 3.05) is 4.90 Å². The molecule has 0 N–H and O–H groups in total. The van der Waals surface area contributed by atoms with Crippen molar-refractivity contribution >= 4 is 18.0 Å². The highest BCUT2D eigenvalue weighted by atomic mass is 15.4. The number of aromatic nitrogens is 3. The highest BCUT2D eigenvalue weighted by Gasteiger charge is 2.29. The standard InChI is InChI=1S/C18H14N6/c1-4-10-19-14(7-1)17-22-13-23-18(15-8-2-5-11-20-15)24(17)16-9-3-6-12-21-16/h1-13,17H. The van der Waals surface area contributed by atoms with Crippen molar-refractivity contribution in [1.29, 1.82) is 0 Å². The lowest BCUT2D eigenvalue weighted by atomic mass is 10.2. The van der Waals surface area contributed by atoms with E-state index >= 15 is 0 Å². The first-order valence-corrected chi connectivity index (χ1v) is 7.55. The molecule has 1 aliphatic heterocycles. The average molecular weight is 314 g/mol. The van der Waals surface area contributed by atoms with Crippen LogP contribution in [0.4, 0.5) is 5.82 Å². The van der Waals surface area contributed by atoms with Gasteiger partial charge in [-0.05, 0) is 36.4 Å². The summed E-state index contributed by atoms with van der Waals surface area (Å²) in [6, 6.07) is 17.2. The summed E-state index contributed by atoms with van der Waals surface area (Å²) in [5.41, 5.74) is 1.58. The smallest absolute Gasteiger partial charge is 0.172 e. The number of rotatable bonds is 3. The summed E-state index contributed by atoms with van der Waals surface area (Å²) in [6.07, 6.45) is 6.47. The van der Waals surface area contributed by atoms with E-state index in [2.05, 4.69) is 24.9 Å². The van der Waals surface area contributed by atoms with Crippen molar-refractivity contribution in [2.24, 2.45) is 9.98 Å². The van der Waals surface area contributed by atoms with E-state index in [-0.39, 0.29) is 6.17 Å². The SMILES string of the molecule is C1=NC(c2ccccn2)N(c2ccccn2)C(c2ccccn2)=N1. The molecule has 3 aromatic heterocycles. The topological polar surface area (TPSA) is 66.6 Å². The maximum Gasteiger partial charge on any atom is 0.172 e. The summed E-state index contributed by atoms with van der Waals surface area (Å²) < 4.78 is 0. The second kappa shape index (κ2) is 6.37. The van der Waals surface area contributed by atoms with Gasteiger partial charge in [0.2, 0.25) is 0 Å². The molecule has 0 amide bonds. The average Bonchev–Trinajstić information content (AvgIpc) is 2.69. The van der Waals surface area contributed by atoms with Crippen LogP contribution in [0.25, 0.3) is 0 Å². The van der Waals surface area contributed by atoms with Crippen LogP contribution in [0.3, 0.4) is 0 Å². The third kappa shape index (κ3) is 2.65. The minimum Gasteiger partial charge on any atom is -0.280 e. The number of pyridine rings is 3. The Bertz CT molecular complexity index is 862. The molecule has 3 aromatic rings. The van der Waals surface area contributed by atoms with E-state index in [1.165, 1.54) is 0 Å². The number of amidine groups is 1. The minimum atomic E-state index is -0.337. The number of hydrogen-bond donors (Lipinski definition) is 0. The molecule has 4 rings (SSSR count). The predicted octanol–water partition coefficient (Wildman–Crippen LogP) is 2.87. The highest BCUT2D eigenvalue weighted by Crippen LogP contribution is 2.29.